The van der Waals surface area contributed by atoms with Crippen molar-refractivity contribution in [2.75, 3.05) is 7.05 Å². The Morgan fingerprint density at radius 2 is 1.94 bits per heavy atom. The zero-order valence-corrected chi connectivity index (χ0v) is 10.6. The van der Waals surface area contributed by atoms with Crippen molar-refractivity contribution < 1.29 is 4.39 Å². The molecule has 0 bridgehead atoms. The first kappa shape index (κ1) is 12.6. The van der Waals surface area contributed by atoms with E-state index in [2.05, 4.69) is 20.5 Å². The van der Waals surface area contributed by atoms with Crippen LogP contribution in [-0.4, -0.2) is 22.2 Å². The first-order chi connectivity index (χ1) is 8.61. The summed E-state index contributed by atoms with van der Waals surface area (Å²) in [6.45, 7) is 3.77. The number of pyridine rings is 1. The van der Waals surface area contributed by atoms with Gasteiger partial charge in [0.15, 0.2) is 0 Å². The highest BCUT2D eigenvalue weighted by Crippen LogP contribution is 2.23. The van der Waals surface area contributed by atoms with Crippen LogP contribution >= 0.6 is 0 Å². The molecule has 2 rings (SSSR count). The van der Waals surface area contributed by atoms with E-state index in [0.29, 0.717) is 0 Å². The number of hydrogen-bond acceptors (Lipinski definition) is 4. The van der Waals surface area contributed by atoms with E-state index in [1.165, 1.54) is 12.3 Å². The molecule has 0 radical (unpaired) electrons. The summed E-state index contributed by atoms with van der Waals surface area (Å²) in [5, 5.41) is 11.2. The lowest BCUT2D eigenvalue weighted by Crippen LogP contribution is -2.20. The maximum absolute atomic E-state index is 13.2. The van der Waals surface area contributed by atoms with Crippen LogP contribution in [0.5, 0.6) is 0 Å². The van der Waals surface area contributed by atoms with E-state index < -0.39 is 0 Å². The first-order valence-electron chi connectivity index (χ1n) is 5.70. The van der Waals surface area contributed by atoms with Crippen molar-refractivity contribution in [1.29, 1.82) is 0 Å². The highest BCUT2D eigenvalue weighted by atomic mass is 19.1. The largest absolute Gasteiger partial charge is 0.309 e. The number of hydrogen-bond donors (Lipinski definition) is 1. The van der Waals surface area contributed by atoms with Gasteiger partial charge in [0.25, 0.3) is 0 Å². The summed E-state index contributed by atoms with van der Waals surface area (Å²) < 4.78 is 13.2. The van der Waals surface area contributed by atoms with Gasteiger partial charge in [-0.1, -0.05) is 0 Å². The standard InChI is InChI=1S/C13H15FN4/c1-8-4-12(9(2)18-17-8)13(15-3)10-5-11(14)7-16-6-10/h4-7,13,15H,1-3H3. The van der Waals surface area contributed by atoms with Gasteiger partial charge in [-0.15, -0.1) is 0 Å². The van der Waals surface area contributed by atoms with Gasteiger partial charge < -0.3 is 5.32 Å². The number of aryl methyl sites for hydroxylation is 2. The molecule has 1 unspecified atom stereocenters. The molecule has 0 aliphatic carbocycles. The Kier molecular flexibility index (Phi) is 3.62. The van der Waals surface area contributed by atoms with Gasteiger partial charge in [0, 0.05) is 6.20 Å². The molecule has 0 fully saturated rings. The van der Waals surface area contributed by atoms with Gasteiger partial charge in [-0.25, -0.2) is 4.39 Å². The third kappa shape index (κ3) is 2.51. The third-order valence-electron chi connectivity index (χ3n) is 2.80. The molecule has 1 atom stereocenters. The van der Waals surface area contributed by atoms with Crippen LogP contribution in [0.4, 0.5) is 4.39 Å². The van der Waals surface area contributed by atoms with Crippen molar-refractivity contribution in [2.24, 2.45) is 0 Å². The highest BCUT2D eigenvalue weighted by molar-refractivity contribution is 5.32. The molecule has 0 aromatic carbocycles. The van der Waals surface area contributed by atoms with E-state index in [1.807, 2.05) is 27.0 Å². The second-order valence-corrected chi connectivity index (χ2v) is 4.18. The zero-order chi connectivity index (χ0) is 13.1. The minimum Gasteiger partial charge on any atom is -0.309 e. The second kappa shape index (κ2) is 5.18. The SMILES string of the molecule is CNC(c1cncc(F)c1)c1cc(C)nnc1C. The van der Waals surface area contributed by atoms with Crippen LogP contribution in [-0.2, 0) is 0 Å². The van der Waals surface area contributed by atoms with Crippen molar-refractivity contribution in [2.45, 2.75) is 19.9 Å². The summed E-state index contributed by atoms with van der Waals surface area (Å²) in [4.78, 5) is 3.88. The fourth-order valence-corrected chi connectivity index (χ4v) is 1.95. The molecule has 18 heavy (non-hydrogen) atoms. The van der Waals surface area contributed by atoms with Crippen LogP contribution in [0.15, 0.2) is 24.5 Å². The van der Waals surface area contributed by atoms with E-state index in [0.717, 1.165) is 22.5 Å². The smallest absolute Gasteiger partial charge is 0.141 e. The number of halogens is 1. The van der Waals surface area contributed by atoms with E-state index in [9.17, 15) is 4.39 Å². The Bertz CT molecular complexity index is 556. The topological polar surface area (TPSA) is 50.7 Å². The van der Waals surface area contributed by atoms with Crippen molar-refractivity contribution in [3.63, 3.8) is 0 Å². The predicted molar refractivity (Wildman–Crippen MR) is 66.6 cm³/mol. The molecule has 0 aliphatic heterocycles. The number of aromatic nitrogens is 3. The Hall–Kier alpha value is -1.88. The van der Waals surface area contributed by atoms with Crippen molar-refractivity contribution >= 4 is 0 Å². The normalized spacial score (nSPS) is 12.4. The summed E-state index contributed by atoms with van der Waals surface area (Å²) in [5.74, 6) is -0.343. The molecule has 0 spiro atoms. The molecule has 0 aliphatic rings. The lowest BCUT2D eigenvalue weighted by Gasteiger charge is -2.18. The monoisotopic (exact) mass is 246 g/mol. The van der Waals surface area contributed by atoms with E-state index in [1.54, 1.807) is 6.20 Å². The molecular weight excluding hydrogens is 231 g/mol. The van der Waals surface area contributed by atoms with E-state index >= 15 is 0 Å². The maximum Gasteiger partial charge on any atom is 0.141 e. The Labute approximate surface area is 105 Å². The van der Waals surface area contributed by atoms with Crippen molar-refractivity contribution in [3.8, 4) is 0 Å². The molecule has 94 valence electrons. The number of nitrogens with zero attached hydrogens (tertiary/aromatic N) is 3. The fourth-order valence-electron chi connectivity index (χ4n) is 1.95. The molecule has 2 heterocycles. The molecule has 5 heteroatoms. The molecule has 0 saturated carbocycles. The van der Waals surface area contributed by atoms with Gasteiger partial charge in [-0.3, -0.25) is 4.98 Å². The van der Waals surface area contributed by atoms with Crippen LogP contribution in [0.2, 0.25) is 0 Å². The maximum atomic E-state index is 13.2. The van der Waals surface area contributed by atoms with Crippen LogP contribution < -0.4 is 5.32 Å². The average Bonchev–Trinajstić information content (AvgIpc) is 2.35. The minimum atomic E-state index is -0.343. The van der Waals surface area contributed by atoms with Gasteiger partial charge >= 0.3 is 0 Å². The second-order valence-electron chi connectivity index (χ2n) is 4.18. The molecule has 0 amide bonds. The van der Waals surface area contributed by atoms with Gasteiger partial charge in [0.1, 0.15) is 5.82 Å². The summed E-state index contributed by atoms with van der Waals surface area (Å²) in [7, 11) is 1.82. The summed E-state index contributed by atoms with van der Waals surface area (Å²) in [6.07, 6.45) is 2.85. The molecular formula is C13H15FN4. The number of rotatable bonds is 3. The lowest BCUT2D eigenvalue weighted by atomic mass is 9.99. The number of nitrogens with one attached hydrogen (secondary N) is 1. The summed E-state index contributed by atoms with van der Waals surface area (Å²) >= 11 is 0. The van der Waals surface area contributed by atoms with Gasteiger partial charge in [0.05, 0.1) is 23.6 Å². The molecule has 2 aromatic heterocycles. The van der Waals surface area contributed by atoms with Crippen LogP contribution in [0.1, 0.15) is 28.6 Å². The average molecular weight is 246 g/mol. The van der Waals surface area contributed by atoms with Crippen LogP contribution in [0.3, 0.4) is 0 Å². The lowest BCUT2D eigenvalue weighted by molar-refractivity contribution is 0.607. The van der Waals surface area contributed by atoms with Gasteiger partial charge in [0.2, 0.25) is 0 Å². The predicted octanol–water partition coefficient (Wildman–Crippen LogP) is 1.94. The van der Waals surface area contributed by atoms with Crippen molar-refractivity contribution in [3.05, 3.63) is 52.9 Å². The van der Waals surface area contributed by atoms with Gasteiger partial charge in [-0.2, -0.15) is 10.2 Å². The zero-order valence-electron chi connectivity index (χ0n) is 10.6. The molecule has 2 aromatic rings. The quantitative estimate of drug-likeness (QED) is 0.899. The van der Waals surface area contributed by atoms with Crippen LogP contribution in [0, 0.1) is 19.7 Å². The summed E-state index contributed by atoms with van der Waals surface area (Å²) in [6, 6.07) is 3.29. The molecule has 0 saturated heterocycles. The Morgan fingerprint density at radius 1 is 1.17 bits per heavy atom. The van der Waals surface area contributed by atoms with E-state index in [-0.39, 0.29) is 11.9 Å². The Balaban J connectivity index is 2.48. The van der Waals surface area contributed by atoms with Gasteiger partial charge in [-0.05, 0) is 44.2 Å². The van der Waals surface area contributed by atoms with E-state index in [4.69, 9.17) is 0 Å². The van der Waals surface area contributed by atoms with Crippen LogP contribution in [0.25, 0.3) is 0 Å². The molecule has 4 nitrogen and oxygen atoms in total. The minimum absolute atomic E-state index is 0.137. The fraction of sp³-hybridized carbons (Fsp3) is 0.308. The highest BCUT2D eigenvalue weighted by Gasteiger charge is 2.16. The Morgan fingerprint density at radius 3 is 2.61 bits per heavy atom. The van der Waals surface area contributed by atoms with Crippen molar-refractivity contribution in [1.82, 2.24) is 20.5 Å². The first-order valence-corrected chi connectivity index (χ1v) is 5.70. The summed E-state index contributed by atoms with van der Waals surface area (Å²) in [5.41, 5.74) is 3.41. The molecule has 1 N–H and O–H groups in total. The third-order valence-corrected chi connectivity index (χ3v) is 2.80.